The Bertz CT molecular complexity index is 434. The van der Waals surface area contributed by atoms with Crippen molar-refractivity contribution in [1.82, 2.24) is 4.90 Å². The highest BCUT2D eigenvalue weighted by Crippen LogP contribution is 2.43. The highest BCUT2D eigenvalue weighted by atomic mass is 16.5. The number of nitrogens with zero attached hydrogens (tertiary/aromatic N) is 1. The number of allylic oxidation sites excluding steroid dienone is 1. The Balaban J connectivity index is 2.38. The van der Waals surface area contributed by atoms with Gasteiger partial charge in [0, 0.05) is 32.2 Å². The molecular formula is C16H27NO4. The lowest BCUT2D eigenvalue weighted by atomic mass is 9.71. The number of aliphatic hydroxyl groups excluding tert-OH is 1. The van der Waals surface area contributed by atoms with Gasteiger partial charge >= 0.3 is 0 Å². The van der Waals surface area contributed by atoms with E-state index in [9.17, 15) is 5.11 Å². The molecule has 2 aliphatic rings. The van der Waals surface area contributed by atoms with Gasteiger partial charge in [-0.3, -0.25) is 0 Å². The van der Waals surface area contributed by atoms with E-state index in [1.54, 1.807) is 21.3 Å². The van der Waals surface area contributed by atoms with E-state index in [1.165, 1.54) is 0 Å². The summed E-state index contributed by atoms with van der Waals surface area (Å²) in [5.41, 5.74) is -0.560. The quantitative estimate of drug-likeness (QED) is 0.850. The van der Waals surface area contributed by atoms with E-state index in [1.807, 2.05) is 19.1 Å². The van der Waals surface area contributed by atoms with Gasteiger partial charge in [-0.15, -0.1) is 0 Å². The Morgan fingerprint density at radius 2 is 2.00 bits per heavy atom. The molecule has 0 bridgehead atoms. The number of rotatable bonds is 4. The minimum Gasteiger partial charge on any atom is -0.501 e. The highest BCUT2D eigenvalue weighted by Gasteiger charge is 2.47. The fourth-order valence-corrected chi connectivity index (χ4v) is 3.52. The molecule has 1 aliphatic carbocycles. The van der Waals surface area contributed by atoms with E-state index in [0.717, 1.165) is 31.0 Å². The molecule has 0 radical (unpaired) electrons. The Labute approximate surface area is 127 Å². The molecule has 5 heteroatoms. The molecule has 5 nitrogen and oxygen atoms in total. The largest absolute Gasteiger partial charge is 0.501 e. The standard InChI is InChI=1S/C16H27NO4/c1-16(21-5)9-11(19-3)8-14(20-4)15(16)12-10-17(2)7-6-13(12)18/h8-9,12-13,15,18H,6-7,10H2,1-5H3/t12?,13-,15-,16?/m0/s1. The van der Waals surface area contributed by atoms with E-state index in [2.05, 4.69) is 11.9 Å². The summed E-state index contributed by atoms with van der Waals surface area (Å²) in [7, 11) is 7.06. The van der Waals surface area contributed by atoms with Crippen LogP contribution in [-0.2, 0) is 14.2 Å². The number of ether oxygens (including phenoxy) is 3. The molecule has 120 valence electrons. The maximum absolute atomic E-state index is 10.5. The summed E-state index contributed by atoms with van der Waals surface area (Å²) >= 11 is 0. The van der Waals surface area contributed by atoms with Gasteiger partial charge in [0.1, 0.15) is 11.5 Å². The van der Waals surface area contributed by atoms with E-state index in [0.29, 0.717) is 0 Å². The predicted molar refractivity (Wildman–Crippen MR) is 80.7 cm³/mol. The SMILES string of the molecule is COC1=CC(C)(OC)[C@@H](C2CN(C)CC[C@@H]2O)C(OC)=C1. The predicted octanol–water partition coefficient (Wildman–Crippen LogP) is 1.39. The first-order valence-corrected chi connectivity index (χ1v) is 7.39. The molecule has 0 saturated carbocycles. The lowest BCUT2D eigenvalue weighted by molar-refractivity contribution is -0.0804. The zero-order valence-corrected chi connectivity index (χ0v) is 13.6. The second kappa shape index (κ2) is 6.38. The van der Waals surface area contributed by atoms with Gasteiger partial charge < -0.3 is 24.2 Å². The molecule has 4 atom stereocenters. The van der Waals surface area contributed by atoms with Crippen LogP contribution < -0.4 is 0 Å². The van der Waals surface area contributed by atoms with E-state index in [4.69, 9.17) is 14.2 Å². The van der Waals surface area contributed by atoms with Crippen molar-refractivity contribution in [2.24, 2.45) is 11.8 Å². The van der Waals surface area contributed by atoms with Gasteiger partial charge in [-0.05, 0) is 26.5 Å². The van der Waals surface area contributed by atoms with Crippen molar-refractivity contribution < 1.29 is 19.3 Å². The molecule has 0 aromatic heterocycles. The van der Waals surface area contributed by atoms with Gasteiger partial charge in [0.25, 0.3) is 0 Å². The van der Waals surface area contributed by atoms with E-state index in [-0.39, 0.29) is 17.9 Å². The van der Waals surface area contributed by atoms with E-state index < -0.39 is 5.60 Å². The molecule has 0 aromatic carbocycles. The summed E-state index contributed by atoms with van der Waals surface area (Å²) in [5.74, 6) is 1.56. The molecule has 2 unspecified atom stereocenters. The minimum atomic E-state index is -0.560. The van der Waals surface area contributed by atoms with Crippen LogP contribution in [0.2, 0.25) is 0 Å². The Morgan fingerprint density at radius 1 is 1.29 bits per heavy atom. The number of aliphatic hydroxyl groups is 1. The molecule has 1 heterocycles. The van der Waals surface area contributed by atoms with Crippen LogP contribution in [-0.4, -0.2) is 63.2 Å². The molecule has 0 spiro atoms. The number of hydrogen-bond donors (Lipinski definition) is 1. The van der Waals surface area contributed by atoms with Gasteiger partial charge in [-0.2, -0.15) is 0 Å². The van der Waals surface area contributed by atoms with Gasteiger partial charge in [-0.25, -0.2) is 0 Å². The van der Waals surface area contributed by atoms with Crippen molar-refractivity contribution in [3.63, 3.8) is 0 Å². The van der Waals surface area contributed by atoms with E-state index >= 15 is 0 Å². The molecule has 0 amide bonds. The second-order valence-electron chi connectivity index (χ2n) is 6.15. The fourth-order valence-electron chi connectivity index (χ4n) is 3.52. The third kappa shape index (κ3) is 3.10. The van der Waals surface area contributed by atoms with Crippen LogP contribution in [0, 0.1) is 11.8 Å². The molecule has 1 fully saturated rings. The summed E-state index contributed by atoms with van der Waals surface area (Å²) in [4.78, 5) is 2.25. The molecule has 1 N–H and O–H groups in total. The van der Waals surface area contributed by atoms with Crippen LogP contribution in [0.25, 0.3) is 0 Å². The van der Waals surface area contributed by atoms with Gasteiger partial charge in [-0.1, -0.05) is 0 Å². The topological polar surface area (TPSA) is 51.2 Å². The average Bonchev–Trinajstić information content (AvgIpc) is 2.49. The van der Waals surface area contributed by atoms with Crippen LogP contribution in [0.3, 0.4) is 0 Å². The van der Waals surface area contributed by atoms with Crippen molar-refractivity contribution in [1.29, 1.82) is 0 Å². The van der Waals surface area contributed by atoms with Crippen LogP contribution >= 0.6 is 0 Å². The molecular weight excluding hydrogens is 270 g/mol. The number of methoxy groups -OCH3 is 3. The van der Waals surface area contributed by atoms with Crippen LogP contribution in [0.1, 0.15) is 13.3 Å². The molecule has 2 rings (SSSR count). The average molecular weight is 297 g/mol. The first kappa shape index (κ1) is 16.3. The lowest BCUT2D eigenvalue weighted by Gasteiger charge is -2.46. The van der Waals surface area contributed by atoms with Gasteiger partial charge in [0.15, 0.2) is 0 Å². The first-order valence-electron chi connectivity index (χ1n) is 7.39. The maximum Gasteiger partial charge on any atom is 0.121 e. The summed E-state index contributed by atoms with van der Waals surface area (Å²) in [6.07, 6.45) is 4.29. The van der Waals surface area contributed by atoms with Crippen LogP contribution in [0.15, 0.2) is 23.7 Å². The highest BCUT2D eigenvalue weighted by molar-refractivity contribution is 5.31. The van der Waals surface area contributed by atoms with Crippen molar-refractivity contribution in [3.8, 4) is 0 Å². The lowest BCUT2D eigenvalue weighted by Crippen LogP contribution is -2.52. The van der Waals surface area contributed by atoms with Crippen molar-refractivity contribution in [3.05, 3.63) is 23.7 Å². The van der Waals surface area contributed by atoms with Crippen molar-refractivity contribution in [2.45, 2.75) is 25.0 Å². The van der Waals surface area contributed by atoms with Crippen LogP contribution in [0.4, 0.5) is 0 Å². The third-order valence-corrected chi connectivity index (χ3v) is 4.80. The molecule has 0 aromatic rings. The van der Waals surface area contributed by atoms with Gasteiger partial charge in [0.2, 0.25) is 0 Å². The summed E-state index contributed by atoms with van der Waals surface area (Å²) in [5, 5.41) is 10.5. The zero-order chi connectivity index (χ0) is 15.6. The normalized spacial score (nSPS) is 37.7. The Kier molecular flexibility index (Phi) is 4.96. The van der Waals surface area contributed by atoms with Crippen molar-refractivity contribution >= 4 is 0 Å². The summed E-state index contributed by atoms with van der Waals surface area (Å²) < 4.78 is 16.7. The number of likely N-dealkylation sites (tertiary alicyclic amines) is 1. The Morgan fingerprint density at radius 3 is 2.57 bits per heavy atom. The number of piperidine rings is 1. The minimum absolute atomic E-state index is 0.0378. The zero-order valence-electron chi connectivity index (χ0n) is 13.6. The van der Waals surface area contributed by atoms with Crippen molar-refractivity contribution in [2.75, 3.05) is 41.5 Å². The van der Waals surface area contributed by atoms with Crippen LogP contribution in [0.5, 0.6) is 0 Å². The second-order valence-corrected chi connectivity index (χ2v) is 6.15. The molecule has 1 aliphatic heterocycles. The van der Waals surface area contributed by atoms with Gasteiger partial charge in [0.05, 0.1) is 31.8 Å². The molecule has 1 saturated heterocycles. The monoisotopic (exact) mass is 297 g/mol. The Hall–Kier alpha value is -1.04. The fraction of sp³-hybridized carbons (Fsp3) is 0.750. The molecule has 21 heavy (non-hydrogen) atoms. The first-order chi connectivity index (χ1) is 9.95. The maximum atomic E-state index is 10.5. The third-order valence-electron chi connectivity index (χ3n) is 4.80. The smallest absolute Gasteiger partial charge is 0.121 e. The summed E-state index contributed by atoms with van der Waals surface area (Å²) in [6, 6.07) is 0. The summed E-state index contributed by atoms with van der Waals surface area (Å²) in [6.45, 7) is 3.75. The number of hydrogen-bond acceptors (Lipinski definition) is 5.